The zero-order valence-electron chi connectivity index (χ0n) is 19.4. The second kappa shape index (κ2) is 10.9. The van der Waals surface area contributed by atoms with Crippen LogP contribution in [0.25, 0.3) is 11.2 Å². The summed E-state index contributed by atoms with van der Waals surface area (Å²) in [5, 5.41) is 0. The maximum atomic E-state index is 13.2. The number of nitrogens with zero attached hydrogens (tertiary/aromatic N) is 7. The number of aromatic nitrogens is 4. The number of carbonyl (C=O) groups is 1. The fraction of sp³-hybridized carbons (Fsp3) is 0.208. The Kier molecular flexibility index (Phi) is 7.69. The highest BCUT2D eigenvalue weighted by atomic mass is 16.6. The third kappa shape index (κ3) is 5.51. The number of imidazole rings is 1. The molecule has 0 unspecified atom stereocenters. The first-order valence-corrected chi connectivity index (χ1v) is 10.5. The molecule has 0 spiro atoms. The molecular formula is C24H27N7O2. The largest absolute Gasteiger partial charge is 0.426 e. The number of benzene rings is 2. The van der Waals surface area contributed by atoms with Gasteiger partial charge in [0.25, 0.3) is 0 Å². The molecule has 0 aliphatic heterocycles. The molecule has 4 rings (SSSR count). The van der Waals surface area contributed by atoms with Crippen molar-refractivity contribution in [2.24, 2.45) is 12.0 Å². The summed E-state index contributed by atoms with van der Waals surface area (Å²) >= 11 is 0. The van der Waals surface area contributed by atoms with Gasteiger partial charge in [0.1, 0.15) is 0 Å². The van der Waals surface area contributed by atoms with E-state index in [9.17, 15) is 4.79 Å². The maximum Gasteiger partial charge on any atom is 0.426 e. The lowest BCUT2D eigenvalue weighted by molar-refractivity contribution is 0.206. The first-order valence-electron chi connectivity index (χ1n) is 10.5. The molecule has 0 radical (unpaired) electrons. The van der Waals surface area contributed by atoms with Crippen LogP contribution in [0.5, 0.6) is 6.01 Å². The van der Waals surface area contributed by atoms with E-state index >= 15 is 0 Å². The Morgan fingerprint density at radius 2 is 1.55 bits per heavy atom. The summed E-state index contributed by atoms with van der Waals surface area (Å²) in [5.74, 6) is 0.313. The molecule has 0 fully saturated rings. The van der Waals surface area contributed by atoms with Gasteiger partial charge in [0.2, 0.25) is 0 Å². The van der Waals surface area contributed by atoms with Crippen LogP contribution in [0.1, 0.15) is 13.8 Å². The number of amides is 1. The topological polar surface area (TPSA) is 88.7 Å². The summed E-state index contributed by atoms with van der Waals surface area (Å²) in [5.41, 5.74) is 2.34. The number of hydrogen-bond acceptors (Lipinski definition) is 6. The molecule has 0 atom stereocenters. The average molecular weight is 446 g/mol. The van der Waals surface area contributed by atoms with Gasteiger partial charge >= 0.3 is 12.1 Å². The number of aliphatic imine (C=N–C) groups is 1. The molecule has 0 aliphatic carbocycles. The Hall–Kier alpha value is -4.27. The molecule has 2 aromatic carbocycles. The average Bonchev–Trinajstić information content (AvgIpc) is 3.21. The van der Waals surface area contributed by atoms with Gasteiger partial charge in [0, 0.05) is 21.1 Å². The van der Waals surface area contributed by atoms with Gasteiger partial charge in [0.05, 0.1) is 24.0 Å². The summed E-state index contributed by atoms with van der Waals surface area (Å²) in [4.78, 5) is 33.8. The second-order valence-corrected chi connectivity index (χ2v) is 6.94. The highest BCUT2D eigenvalue weighted by molar-refractivity contribution is 5.97. The first kappa shape index (κ1) is 23.4. The van der Waals surface area contributed by atoms with E-state index in [0.717, 1.165) is 0 Å². The van der Waals surface area contributed by atoms with Crippen molar-refractivity contribution in [3.8, 4) is 6.01 Å². The number of rotatable bonds is 5. The standard InChI is InChI=1S/C22H21N7O2.C2H6/c1-27(2)14-24-19-18-20(28(3)15-23-18)26-21(25-19)31-22(30)29(16-10-6-4-7-11-16)17-12-8-5-9-13-17;1-2/h4-15H,1-3H3;1-2H3/b24-14-;. The maximum absolute atomic E-state index is 13.2. The van der Waals surface area contributed by atoms with E-state index in [-0.39, 0.29) is 6.01 Å². The number of carbonyl (C=O) groups excluding carboxylic acids is 1. The zero-order chi connectivity index (χ0) is 23.8. The van der Waals surface area contributed by atoms with Gasteiger partial charge < -0.3 is 14.2 Å². The van der Waals surface area contributed by atoms with Crippen molar-refractivity contribution in [3.05, 3.63) is 67.0 Å². The van der Waals surface area contributed by atoms with Crippen LogP contribution < -0.4 is 9.64 Å². The van der Waals surface area contributed by atoms with Crippen LogP contribution >= 0.6 is 0 Å². The summed E-state index contributed by atoms with van der Waals surface area (Å²) in [6, 6.07) is 18.4. The molecule has 9 heteroatoms. The van der Waals surface area contributed by atoms with Gasteiger partial charge in [-0.25, -0.2) is 19.7 Å². The molecule has 0 saturated carbocycles. The molecule has 4 aromatic rings. The number of ether oxygens (including phenoxy) is 1. The lowest BCUT2D eigenvalue weighted by Gasteiger charge is -2.21. The Labute approximate surface area is 193 Å². The van der Waals surface area contributed by atoms with E-state index in [1.54, 1.807) is 29.2 Å². The molecule has 170 valence electrons. The van der Waals surface area contributed by atoms with Crippen molar-refractivity contribution in [3.63, 3.8) is 0 Å². The van der Waals surface area contributed by atoms with Gasteiger partial charge in [-0.05, 0) is 24.3 Å². The number of anilines is 2. The van der Waals surface area contributed by atoms with Crippen LogP contribution in [-0.4, -0.2) is 50.9 Å². The van der Waals surface area contributed by atoms with Crippen LogP contribution in [0.2, 0.25) is 0 Å². The van der Waals surface area contributed by atoms with Crippen molar-refractivity contribution in [2.75, 3.05) is 19.0 Å². The fourth-order valence-corrected chi connectivity index (χ4v) is 2.92. The van der Waals surface area contributed by atoms with Gasteiger partial charge in [-0.2, -0.15) is 9.97 Å². The quantitative estimate of drug-likeness (QED) is 0.319. The Balaban J connectivity index is 0.00000149. The predicted octanol–water partition coefficient (Wildman–Crippen LogP) is 4.95. The molecule has 0 N–H and O–H groups in total. The minimum atomic E-state index is -0.638. The predicted molar refractivity (Wildman–Crippen MR) is 131 cm³/mol. The van der Waals surface area contributed by atoms with Crippen molar-refractivity contribution in [1.29, 1.82) is 0 Å². The van der Waals surface area contributed by atoms with E-state index in [4.69, 9.17) is 4.74 Å². The van der Waals surface area contributed by atoms with Crippen LogP contribution in [0.3, 0.4) is 0 Å². The lowest BCUT2D eigenvalue weighted by atomic mass is 10.2. The van der Waals surface area contributed by atoms with Crippen LogP contribution in [0.4, 0.5) is 22.0 Å². The van der Waals surface area contributed by atoms with Gasteiger partial charge in [-0.1, -0.05) is 50.2 Å². The molecule has 0 saturated heterocycles. The molecule has 0 bridgehead atoms. The van der Waals surface area contributed by atoms with E-state index in [1.165, 1.54) is 4.90 Å². The van der Waals surface area contributed by atoms with E-state index < -0.39 is 6.09 Å². The molecule has 9 nitrogen and oxygen atoms in total. The lowest BCUT2D eigenvalue weighted by Crippen LogP contribution is -2.29. The van der Waals surface area contributed by atoms with E-state index in [0.29, 0.717) is 28.4 Å². The normalized spacial score (nSPS) is 10.6. The molecule has 2 aromatic heterocycles. The van der Waals surface area contributed by atoms with Gasteiger partial charge in [-0.3, -0.25) is 0 Å². The summed E-state index contributed by atoms with van der Waals surface area (Å²) in [7, 11) is 5.49. The number of hydrogen-bond donors (Lipinski definition) is 0. The Morgan fingerprint density at radius 1 is 0.970 bits per heavy atom. The minimum absolute atomic E-state index is 0.108. The monoisotopic (exact) mass is 445 g/mol. The van der Waals surface area contributed by atoms with Crippen molar-refractivity contribution in [2.45, 2.75) is 13.8 Å². The van der Waals surface area contributed by atoms with Crippen molar-refractivity contribution >= 4 is 40.8 Å². The number of para-hydroxylation sites is 2. The number of fused-ring (bicyclic) bond motifs is 1. The first-order chi connectivity index (χ1) is 16.0. The molecule has 0 aliphatic rings. The van der Waals surface area contributed by atoms with Gasteiger partial charge in [0.15, 0.2) is 17.0 Å². The smallest absolute Gasteiger partial charge is 0.373 e. The Morgan fingerprint density at radius 3 is 2.09 bits per heavy atom. The third-order valence-corrected chi connectivity index (χ3v) is 4.32. The van der Waals surface area contributed by atoms with Crippen molar-refractivity contribution in [1.82, 2.24) is 24.4 Å². The van der Waals surface area contributed by atoms with E-state index in [1.807, 2.05) is 88.6 Å². The highest BCUT2D eigenvalue weighted by Gasteiger charge is 2.22. The SMILES string of the molecule is CC.CN(C)/C=N\c1nc(OC(=O)N(c2ccccc2)c2ccccc2)nc2c1ncn2C. The zero-order valence-corrected chi connectivity index (χ0v) is 19.4. The Bertz CT molecular complexity index is 1180. The summed E-state index contributed by atoms with van der Waals surface area (Å²) < 4.78 is 7.32. The molecule has 33 heavy (non-hydrogen) atoms. The summed E-state index contributed by atoms with van der Waals surface area (Å²) in [6.07, 6.45) is 2.57. The molecule has 2 heterocycles. The van der Waals surface area contributed by atoms with Crippen LogP contribution in [-0.2, 0) is 7.05 Å². The molecule has 1 amide bonds. The summed E-state index contributed by atoms with van der Waals surface area (Å²) in [6.45, 7) is 4.00. The number of aryl methyl sites for hydroxylation is 1. The fourth-order valence-electron chi connectivity index (χ4n) is 2.92. The van der Waals surface area contributed by atoms with Crippen LogP contribution in [0, 0.1) is 0 Å². The van der Waals surface area contributed by atoms with E-state index in [2.05, 4.69) is 19.9 Å². The van der Waals surface area contributed by atoms with Crippen LogP contribution in [0.15, 0.2) is 72.0 Å². The molecular weight excluding hydrogens is 418 g/mol. The third-order valence-electron chi connectivity index (χ3n) is 4.32. The van der Waals surface area contributed by atoms with Gasteiger partial charge in [-0.15, -0.1) is 0 Å². The highest BCUT2D eigenvalue weighted by Crippen LogP contribution is 2.28. The minimum Gasteiger partial charge on any atom is -0.373 e. The second-order valence-electron chi connectivity index (χ2n) is 6.94. The van der Waals surface area contributed by atoms with Crippen molar-refractivity contribution < 1.29 is 9.53 Å².